The van der Waals surface area contributed by atoms with Crippen LogP contribution in [0.3, 0.4) is 0 Å². The molecular weight excluding hydrogens is 288 g/mol. The molecule has 0 bridgehead atoms. The Labute approximate surface area is 129 Å². The van der Waals surface area contributed by atoms with E-state index in [4.69, 9.17) is 18.9 Å². The molecule has 0 atom stereocenters. The van der Waals surface area contributed by atoms with E-state index in [0.717, 1.165) is 0 Å². The van der Waals surface area contributed by atoms with Gasteiger partial charge in [-0.25, -0.2) is 4.79 Å². The van der Waals surface area contributed by atoms with Crippen LogP contribution in [0.4, 0.5) is 0 Å². The monoisotopic (exact) mass is 308 g/mol. The molecule has 1 aromatic carbocycles. The summed E-state index contributed by atoms with van der Waals surface area (Å²) in [5.74, 6) is 0.193. The highest BCUT2D eigenvalue weighted by Gasteiger charge is 2.16. The molecule has 0 aliphatic carbocycles. The fraction of sp³-hybridized carbons (Fsp3) is 0.375. The first-order chi connectivity index (χ1) is 10.4. The molecule has 120 valence electrons. The Balaban J connectivity index is 3.38. The average molecular weight is 308 g/mol. The number of ether oxygens (including phenoxy) is 4. The summed E-state index contributed by atoms with van der Waals surface area (Å²) < 4.78 is 20.5. The van der Waals surface area contributed by atoms with Crippen molar-refractivity contribution in [3.8, 4) is 17.2 Å². The largest absolute Gasteiger partial charge is 0.496 e. The van der Waals surface area contributed by atoms with Crippen LogP contribution in [0.2, 0.25) is 0 Å². The molecule has 6 nitrogen and oxygen atoms in total. The Morgan fingerprint density at radius 3 is 2.23 bits per heavy atom. The molecule has 0 aliphatic heterocycles. The van der Waals surface area contributed by atoms with E-state index in [0.29, 0.717) is 22.6 Å². The van der Waals surface area contributed by atoms with Crippen LogP contribution in [0, 0.1) is 0 Å². The number of carbonyl (C=O) groups is 2. The number of methoxy groups -OCH3 is 2. The van der Waals surface area contributed by atoms with Crippen molar-refractivity contribution < 1.29 is 28.5 Å². The maximum Gasteiger partial charge on any atom is 0.333 e. The van der Waals surface area contributed by atoms with E-state index < -0.39 is 11.9 Å². The summed E-state index contributed by atoms with van der Waals surface area (Å²) >= 11 is 0. The van der Waals surface area contributed by atoms with Gasteiger partial charge in [-0.3, -0.25) is 4.79 Å². The van der Waals surface area contributed by atoms with E-state index in [1.807, 2.05) is 0 Å². The SMILES string of the molecule is CCOC(=O)C(C)=Cc1c(OC)cc(OC)cc1OC(C)=O. The minimum atomic E-state index is -0.487. The van der Waals surface area contributed by atoms with Gasteiger partial charge in [0.15, 0.2) is 0 Å². The van der Waals surface area contributed by atoms with Gasteiger partial charge in [0.2, 0.25) is 0 Å². The molecule has 22 heavy (non-hydrogen) atoms. The molecule has 0 fully saturated rings. The zero-order valence-electron chi connectivity index (χ0n) is 13.4. The van der Waals surface area contributed by atoms with Crippen LogP contribution >= 0.6 is 0 Å². The maximum absolute atomic E-state index is 11.7. The highest BCUT2D eigenvalue weighted by atomic mass is 16.5. The molecule has 0 aromatic heterocycles. The van der Waals surface area contributed by atoms with Crippen LogP contribution in [-0.4, -0.2) is 32.8 Å². The lowest BCUT2D eigenvalue weighted by molar-refractivity contribution is -0.138. The van der Waals surface area contributed by atoms with Crippen LogP contribution < -0.4 is 14.2 Å². The van der Waals surface area contributed by atoms with Gasteiger partial charge in [0.1, 0.15) is 17.2 Å². The predicted octanol–water partition coefficient (Wildman–Crippen LogP) is 2.60. The summed E-state index contributed by atoms with van der Waals surface area (Å²) in [7, 11) is 2.97. The highest BCUT2D eigenvalue weighted by Crippen LogP contribution is 2.36. The second kappa shape index (κ2) is 8.07. The highest BCUT2D eigenvalue weighted by molar-refractivity contribution is 5.94. The van der Waals surface area contributed by atoms with Crippen LogP contribution in [0.15, 0.2) is 17.7 Å². The van der Waals surface area contributed by atoms with Crippen molar-refractivity contribution >= 4 is 18.0 Å². The Bertz CT molecular complexity index is 589. The molecule has 0 saturated heterocycles. The lowest BCUT2D eigenvalue weighted by Gasteiger charge is -2.13. The summed E-state index contributed by atoms with van der Waals surface area (Å²) in [4.78, 5) is 23.0. The topological polar surface area (TPSA) is 71.1 Å². The van der Waals surface area contributed by atoms with Gasteiger partial charge < -0.3 is 18.9 Å². The number of carbonyl (C=O) groups excluding carboxylic acids is 2. The van der Waals surface area contributed by atoms with Crippen LogP contribution in [0.25, 0.3) is 6.08 Å². The molecule has 0 radical (unpaired) electrons. The summed E-state index contributed by atoms with van der Waals surface area (Å²) in [6.07, 6.45) is 1.55. The van der Waals surface area contributed by atoms with Gasteiger partial charge in [0.25, 0.3) is 0 Å². The standard InChI is InChI=1S/C16H20O6/c1-6-21-16(18)10(2)7-13-14(20-5)8-12(19-4)9-15(13)22-11(3)17/h7-9H,6H2,1-5H3. The van der Waals surface area contributed by atoms with Crippen LogP contribution in [-0.2, 0) is 14.3 Å². The van der Waals surface area contributed by atoms with Crippen molar-refractivity contribution in [3.63, 3.8) is 0 Å². The van der Waals surface area contributed by atoms with Gasteiger partial charge in [0, 0.05) is 24.6 Å². The van der Waals surface area contributed by atoms with Crippen molar-refractivity contribution in [2.75, 3.05) is 20.8 Å². The predicted molar refractivity (Wildman–Crippen MR) is 81.1 cm³/mol. The maximum atomic E-state index is 11.7. The van der Waals surface area contributed by atoms with Crippen LogP contribution in [0.1, 0.15) is 26.3 Å². The van der Waals surface area contributed by atoms with E-state index in [2.05, 4.69) is 0 Å². The van der Waals surface area contributed by atoms with Gasteiger partial charge in [-0.15, -0.1) is 0 Å². The first kappa shape index (κ1) is 17.6. The summed E-state index contributed by atoms with van der Waals surface area (Å²) in [5.41, 5.74) is 0.822. The first-order valence-electron chi connectivity index (χ1n) is 6.72. The van der Waals surface area contributed by atoms with E-state index in [1.54, 1.807) is 32.1 Å². The Kier molecular flexibility index (Phi) is 6.44. The molecule has 0 aliphatic rings. The molecule has 0 unspecified atom stereocenters. The first-order valence-corrected chi connectivity index (χ1v) is 6.72. The molecule has 0 saturated carbocycles. The number of rotatable bonds is 6. The minimum Gasteiger partial charge on any atom is -0.496 e. The van der Waals surface area contributed by atoms with Crippen molar-refractivity contribution in [2.45, 2.75) is 20.8 Å². The minimum absolute atomic E-state index is 0.243. The Morgan fingerprint density at radius 1 is 1.09 bits per heavy atom. The molecular formula is C16H20O6. The van der Waals surface area contributed by atoms with Gasteiger partial charge in [-0.05, 0) is 19.9 Å². The number of hydrogen-bond donors (Lipinski definition) is 0. The summed E-state index contributed by atoms with van der Waals surface area (Å²) in [6.45, 7) is 4.90. The van der Waals surface area contributed by atoms with E-state index >= 15 is 0 Å². The molecule has 1 rings (SSSR count). The van der Waals surface area contributed by atoms with Crippen LogP contribution in [0.5, 0.6) is 17.2 Å². The molecule has 0 spiro atoms. The number of hydrogen-bond acceptors (Lipinski definition) is 6. The van der Waals surface area contributed by atoms with Gasteiger partial charge in [0.05, 0.1) is 26.4 Å². The average Bonchev–Trinajstić information content (AvgIpc) is 2.48. The van der Waals surface area contributed by atoms with Crippen molar-refractivity contribution in [1.82, 2.24) is 0 Å². The fourth-order valence-corrected chi connectivity index (χ4v) is 1.77. The third-order valence-corrected chi connectivity index (χ3v) is 2.75. The second-order valence-electron chi connectivity index (χ2n) is 4.38. The van der Waals surface area contributed by atoms with Gasteiger partial charge in [-0.2, -0.15) is 0 Å². The smallest absolute Gasteiger partial charge is 0.333 e. The van der Waals surface area contributed by atoms with Crippen molar-refractivity contribution in [2.24, 2.45) is 0 Å². The van der Waals surface area contributed by atoms with E-state index in [1.165, 1.54) is 21.1 Å². The molecule has 6 heteroatoms. The summed E-state index contributed by atoms with van der Waals surface area (Å²) in [6, 6.07) is 3.19. The second-order valence-corrected chi connectivity index (χ2v) is 4.38. The summed E-state index contributed by atoms with van der Waals surface area (Å²) in [5, 5.41) is 0. The third kappa shape index (κ3) is 4.51. The zero-order valence-corrected chi connectivity index (χ0v) is 13.4. The Morgan fingerprint density at radius 2 is 1.73 bits per heavy atom. The molecule has 1 aromatic rings. The normalized spacial score (nSPS) is 10.9. The van der Waals surface area contributed by atoms with Crippen molar-refractivity contribution in [3.05, 3.63) is 23.3 Å². The number of esters is 2. The lowest BCUT2D eigenvalue weighted by atomic mass is 10.1. The quantitative estimate of drug-likeness (QED) is 0.457. The third-order valence-electron chi connectivity index (χ3n) is 2.75. The van der Waals surface area contributed by atoms with Gasteiger partial charge >= 0.3 is 11.9 Å². The van der Waals surface area contributed by atoms with Gasteiger partial charge in [-0.1, -0.05) is 0 Å². The molecule has 0 amide bonds. The lowest BCUT2D eigenvalue weighted by Crippen LogP contribution is -2.07. The van der Waals surface area contributed by atoms with E-state index in [-0.39, 0.29) is 12.4 Å². The molecule has 0 N–H and O–H groups in total. The van der Waals surface area contributed by atoms with E-state index in [9.17, 15) is 9.59 Å². The number of benzene rings is 1. The molecule has 0 heterocycles. The van der Waals surface area contributed by atoms with Crippen molar-refractivity contribution in [1.29, 1.82) is 0 Å². The zero-order chi connectivity index (χ0) is 16.7. The Hall–Kier alpha value is -2.50. The fourth-order valence-electron chi connectivity index (χ4n) is 1.77.